The Bertz CT molecular complexity index is 1030. The number of hydrogen-bond acceptors (Lipinski definition) is 3. The van der Waals surface area contributed by atoms with Crippen LogP contribution < -0.4 is 0 Å². The average Bonchev–Trinajstić information content (AvgIpc) is 3.04. The zero-order valence-corrected chi connectivity index (χ0v) is 15.0. The molecule has 0 saturated carbocycles. The molecule has 3 aromatic carbocycles. The van der Waals surface area contributed by atoms with Crippen LogP contribution in [0.15, 0.2) is 66.7 Å². The maximum absolute atomic E-state index is 12.3. The van der Waals surface area contributed by atoms with Crippen LogP contribution in [0.5, 0.6) is 11.5 Å². The molecule has 0 amide bonds. The second kappa shape index (κ2) is 5.61. The molecule has 3 N–H and O–H groups in total. The average molecular weight is 358 g/mol. The third-order valence-electron chi connectivity index (χ3n) is 6.56. The number of phenolic OH excluding ortho intramolecular Hbond substituents is 2. The van der Waals surface area contributed by atoms with Gasteiger partial charge in [-0.05, 0) is 77.8 Å². The van der Waals surface area contributed by atoms with E-state index in [-0.39, 0.29) is 16.9 Å². The van der Waals surface area contributed by atoms with E-state index in [1.54, 1.807) is 18.2 Å². The molecule has 0 fully saturated rings. The Balaban J connectivity index is 1.74. The summed E-state index contributed by atoms with van der Waals surface area (Å²) in [5, 5.41) is 32.2. The number of phenols is 2. The van der Waals surface area contributed by atoms with Crippen molar-refractivity contribution in [1.29, 1.82) is 0 Å². The molecule has 3 heteroatoms. The van der Waals surface area contributed by atoms with E-state index in [1.165, 1.54) is 5.56 Å². The number of rotatable bonds is 1. The highest BCUT2D eigenvalue weighted by molar-refractivity contribution is 5.52. The molecule has 0 radical (unpaired) electrons. The van der Waals surface area contributed by atoms with Crippen LogP contribution in [0.1, 0.15) is 34.2 Å². The smallest absolute Gasteiger partial charge is 0.121 e. The molecule has 3 aromatic rings. The van der Waals surface area contributed by atoms with Crippen molar-refractivity contribution in [2.45, 2.75) is 31.3 Å². The van der Waals surface area contributed by atoms with Crippen molar-refractivity contribution < 1.29 is 15.3 Å². The summed E-state index contributed by atoms with van der Waals surface area (Å²) in [6.07, 6.45) is 3.14. The van der Waals surface area contributed by atoms with Gasteiger partial charge in [-0.3, -0.25) is 0 Å². The van der Waals surface area contributed by atoms with Crippen LogP contribution >= 0.6 is 0 Å². The number of aryl methyl sites for hydroxylation is 1. The highest BCUT2D eigenvalue weighted by atomic mass is 16.3. The van der Waals surface area contributed by atoms with Crippen LogP contribution in [-0.2, 0) is 24.9 Å². The third-order valence-corrected chi connectivity index (χ3v) is 6.56. The van der Waals surface area contributed by atoms with E-state index >= 15 is 0 Å². The molecule has 0 aromatic heterocycles. The van der Waals surface area contributed by atoms with Gasteiger partial charge in [0.2, 0.25) is 0 Å². The first kappa shape index (κ1) is 16.4. The van der Waals surface area contributed by atoms with Crippen molar-refractivity contribution in [2.75, 3.05) is 0 Å². The van der Waals surface area contributed by atoms with Gasteiger partial charge in [-0.15, -0.1) is 0 Å². The van der Waals surface area contributed by atoms with E-state index in [9.17, 15) is 15.3 Å². The van der Waals surface area contributed by atoms with Crippen molar-refractivity contribution in [3.63, 3.8) is 0 Å². The lowest BCUT2D eigenvalue weighted by atomic mass is 9.57. The quantitative estimate of drug-likeness (QED) is 0.615. The summed E-state index contributed by atoms with van der Waals surface area (Å²) in [5.74, 6) is 0.509. The Kier molecular flexibility index (Phi) is 3.40. The summed E-state index contributed by atoms with van der Waals surface area (Å²) in [4.78, 5) is 0. The number of aromatic hydroxyl groups is 2. The largest absolute Gasteiger partial charge is 0.508 e. The number of hydrogen-bond donors (Lipinski definition) is 3. The normalized spacial score (nSPS) is 26.0. The molecule has 0 bridgehead atoms. The first-order valence-corrected chi connectivity index (χ1v) is 9.43. The van der Waals surface area contributed by atoms with Crippen LogP contribution in [0.2, 0.25) is 0 Å². The minimum atomic E-state index is -1.15. The molecule has 136 valence electrons. The molecule has 0 saturated heterocycles. The first-order chi connectivity index (χ1) is 13.0. The Morgan fingerprint density at radius 2 is 1.37 bits per heavy atom. The van der Waals surface area contributed by atoms with Crippen LogP contribution in [0.4, 0.5) is 0 Å². The molecule has 2 atom stereocenters. The molecule has 3 nitrogen and oxygen atoms in total. The molecule has 2 aliphatic carbocycles. The summed E-state index contributed by atoms with van der Waals surface area (Å²) in [5.41, 5.74) is 3.57. The molecule has 0 heterocycles. The standard InChI is InChI=1S/C24H22O3/c25-20-7-6-17-14-23(15-18(17)13-20)11-10-16-12-21(26)8-9-22(16)24(23,27)19-4-2-1-3-5-19/h1-9,12-13,25-27H,10-11,14-15H2/t23-,24-/m0/s1. The lowest BCUT2D eigenvalue weighted by Crippen LogP contribution is -2.51. The molecule has 27 heavy (non-hydrogen) atoms. The topological polar surface area (TPSA) is 60.7 Å². The van der Waals surface area contributed by atoms with E-state index in [2.05, 4.69) is 0 Å². The minimum absolute atomic E-state index is 0.236. The molecule has 2 aliphatic rings. The maximum atomic E-state index is 12.3. The molecule has 1 spiro atoms. The zero-order chi connectivity index (χ0) is 18.6. The van der Waals surface area contributed by atoms with Crippen LogP contribution in [-0.4, -0.2) is 15.3 Å². The van der Waals surface area contributed by atoms with E-state index < -0.39 is 5.60 Å². The van der Waals surface area contributed by atoms with Gasteiger partial charge in [0.25, 0.3) is 0 Å². The Morgan fingerprint density at radius 1 is 0.704 bits per heavy atom. The molecule has 5 rings (SSSR count). The highest BCUT2D eigenvalue weighted by Gasteiger charge is 2.57. The number of fused-ring (bicyclic) bond motifs is 2. The summed E-state index contributed by atoms with van der Waals surface area (Å²) in [7, 11) is 0. The predicted molar refractivity (Wildman–Crippen MR) is 104 cm³/mol. The SMILES string of the molecule is Oc1ccc2c(c1)C[C@]1(CCc3cc(O)ccc3[C@@]1(O)c1ccccc1)C2. The third kappa shape index (κ3) is 2.25. The van der Waals surface area contributed by atoms with Gasteiger partial charge in [0.05, 0.1) is 0 Å². The van der Waals surface area contributed by atoms with Crippen LogP contribution in [0, 0.1) is 5.41 Å². The second-order valence-electron chi connectivity index (χ2n) is 8.00. The van der Waals surface area contributed by atoms with E-state index in [0.717, 1.165) is 47.9 Å². The Hall–Kier alpha value is -2.78. The Morgan fingerprint density at radius 3 is 2.15 bits per heavy atom. The molecule has 0 unspecified atom stereocenters. The van der Waals surface area contributed by atoms with Crippen LogP contribution in [0.3, 0.4) is 0 Å². The van der Waals surface area contributed by atoms with E-state index in [0.29, 0.717) is 0 Å². The number of benzene rings is 3. The van der Waals surface area contributed by atoms with Crippen molar-refractivity contribution in [1.82, 2.24) is 0 Å². The summed E-state index contributed by atoms with van der Waals surface area (Å²) >= 11 is 0. The van der Waals surface area contributed by atoms with Crippen molar-refractivity contribution in [3.05, 3.63) is 94.5 Å². The van der Waals surface area contributed by atoms with Gasteiger partial charge in [-0.2, -0.15) is 0 Å². The van der Waals surface area contributed by atoms with Gasteiger partial charge in [0, 0.05) is 5.41 Å². The lowest BCUT2D eigenvalue weighted by Gasteiger charge is -2.50. The van der Waals surface area contributed by atoms with Gasteiger partial charge >= 0.3 is 0 Å². The fourth-order valence-electron chi connectivity index (χ4n) is 5.30. The van der Waals surface area contributed by atoms with E-state index in [4.69, 9.17) is 0 Å². The van der Waals surface area contributed by atoms with Crippen LogP contribution in [0.25, 0.3) is 0 Å². The fourth-order valence-corrected chi connectivity index (χ4v) is 5.30. The molecular formula is C24H22O3. The second-order valence-corrected chi connectivity index (χ2v) is 8.00. The summed E-state index contributed by atoms with van der Waals surface area (Å²) < 4.78 is 0. The highest BCUT2D eigenvalue weighted by Crippen LogP contribution is 2.58. The van der Waals surface area contributed by atoms with Gasteiger partial charge in [0.1, 0.15) is 17.1 Å². The van der Waals surface area contributed by atoms with Gasteiger partial charge in [0.15, 0.2) is 0 Å². The first-order valence-electron chi connectivity index (χ1n) is 9.43. The van der Waals surface area contributed by atoms with Crippen molar-refractivity contribution in [3.8, 4) is 11.5 Å². The van der Waals surface area contributed by atoms with Gasteiger partial charge in [-0.1, -0.05) is 42.5 Å². The summed E-state index contributed by atoms with van der Waals surface area (Å²) in [6, 6.07) is 20.7. The van der Waals surface area contributed by atoms with E-state index in [1.807, 2.05) is 48.5 Å². The molecular weight excluding hydrogens is 336 g/mol. The number of aliphatic hydroxyl groups is 1. The monoisotopic (exact) mass is 358 g/mol. The minimum Gasteiger partial charge on any atom is -0.508 e. The Labute approximate surface area is 158 Å². The molecule has 0 aliphatic heterocycles. The fraction of sp³-hybridized carbons (Fsp3) is 0.250. The zero-order valence-electron chi connectivity index (χ0n) is 15.0. The maximum Gasteiger partial charge on any atom is 0.121 e. The predicted octanol–water partition coefficient (Wildman–Crippen LogP) is 4.07. The van der Waals surface area contributed by atoms with Crippen molar-refractivity contribution in [2.24, 2.45) is 5.41 Å². The van der Waals surface area contributed by atoms with Gasteiger partial charge in [-0.25, -0.2) is 0 Å². The summed E-state index contributed by atoms with van der Waals surface area (Å²) in [6.45, 7) is 0. The lowest BCUT2D eigenvalue weighted by molar-refractivity contribution is -0.0661. The van der Waals surface area contributed by atoms with Gasteiger partial charge < -0.3 is 15.3 Å². The van der Waals surface area contributed by atoms with Crippen molar-refractivity contribution >= 4 is 0 Å².